The van der Waals surface area contributed by atoms with Crippen LogP contribution in [-0.4, -0.2) is 47.6 Å². The van der Waals surface area contributed by atoms with Gasteiger partial charge in [-0.3, -0.25) is 14.5 Å². The summed E-state index contributed by atoms with van der Waals surface area (Å²) in [5.74, 6) is -0.814. The van der Waals surface area contributed by atoms with Crippen molar-refractivity contribution >= 4 is 11.9 Å². The zero-order chi connectivity index (χ0) is 12.8. The molecule has 0 unspecified atom stereocenters. The lowest BCUT2D eigenvalue weighted by Crippen LogP contribution is -2.48. The predicted molar refractivity (Wildman–Crippen MR) is 64.7 cm³/mol. The number of likely N-dealkylation sites (tertiary alicyclic amines) is 1. The van der Waals surface area contributed by atoms with Crippen molar-refractivity contribution in [1.82, 2.24) is 10.2 Å². The Hall–Kier alpha value is -1.10. The molecule has 5 nitrogen and oxygen atoms in total. The van der Waals surface area contributed by atoms with Gasteiger partial charge in [-0.2, -0.15) is 0 Å². The zero-order valence-corrected chi connectivity index (χ0v) is 10.6. The molecule has 2 atom stereocenters. The maximum absolute atomic E-state index is 11.8. The summed E-state index contributed by atoms with van der Waals surface area (Å²) in [6, 6.07) is -0.503. The first kappa shape index (κ1) is 14.0. The van der Waals surface area contributed by atoms with Crippen molar-refractivity contribution in [3.05, 3.63) is 0 Å². The summed E-state index contributed by atoms with van der Waals surface area (Å²) in [4.78, 5) is 24.6. The van der Waals surface area contributed by atoms with Gasteiger partial charge in [-0.25, -0.2) is 0 Å². The molecule has 0 radical (unpaired) electrons. The maximum Gasteiger partial charge on any atom is 0.320 e. The number of carboxylic acids is 1. The highest BCUT2D eigenvalue weighted by Gasteiger charge is 2.30. The smallest absolute Gasteiger partial charge is 0.320 e. The molecule has 1 saturated heterocycles. The van der Waals surface area contributed by atoms with Gasteiger partial charge in [-0.1, -0.05) is 6.92 Å². The second-order valence-corrected chi connectivity index (χ2v) is 4.64. The van der Waals surface area contributed by atoms with E-state index in [1.165, 1.54) is 0 Å². The molecule has 1 rings (SSSR count). The summed E-state index contributed by atoms with van der Waals surface area (Å²) in [6.45, 7) is 5.71. The summed E-state index contributed by atoms with van der Waals surface area (Å²) in [5.41, 5.74) is 0. The van der Waals surface area contributed by atoms with Crippen LogP contribution in [0.3, 0.4) is 0 Å². The van der Waals surface area contributed by atoms with Crippen LogP contribution in [0, 0.1) is 5.92 Å². The number of piperidine rings is 1. The molecule has 1 aliphatic rings. The van der Waals surface area contributed by atoms with Crippen molar-refractivity contribution in [3.63, 3.8) is 0 Å². The summed E-state index contributed by atoms with van der Waals surface area (Å²) in [7, 11) is 0. The maximum atomic E-state index is 11.8. The van der Waals surface area contributed by atoms with Gasteiger partial charge in [0, 0.05) is 13.1 Å². The van der Waals surface area contributed by atoms with Crippen LogP contribution in [-0.2, 0) is 9.59 Å². The Kier molecular flexibility index (Phi) is 5.41. The fourth-order valence-electron chi connectivity index (χ4n) is 2.12. The minimum atomic E-state index is -0.820. The van der Waals surface area contributed by atoms with Crippen molar-refractivity contribution in [2.75, 3.05) is 19.6 Å². The van der Waals surface area contributed by atoms with Crippen LogP contribution in [0.25, 0.3) is 0 Å². The topological polar surface area (TPSA) is 69.6 Å². The van der Waals surface area contributed by atoms with Crippen molar-refractivity contribution < 1.29 is 14.7 Å². The number of nitrogens with one attached hydrogen (secondary N) is 1. The molecule has 0 spiro atoms. The van der Waals surface area contributed by atoms with E-state index >= 15 is 0 Å². The van der Waals surface area contributed by atoms with E-state index in [0.717, 1.165) is 25.8 Å². The molecule has 1 heterocycles. The summed E-state index contributed by atoms with van der Waals surface area (Å²) >= 11 is 0. The Morgan fingerprint density at radius 2 is 2.24 bits per heavy atom. The lowest BCUT2D eigenvalue weighted by molar-refractivity contribution is -0.144. The van der Waals surface area contributed by atoms with Crippen LogP contribution < -0.4 is 5.32 Å². The number of rotatable bonds is 5. The Morgan fingerprint density at radius 1 is 1.53 bits per heavy atom. The average molecular weight is 242 g/mol. The third kappa shape index (κ3) is 4.00. The number of amides is 1. The average Bonchev–Trinajstić information content (AvgIpc) is 2.35. The van der Waals surface area contributed by atoms with Gasteiger partial charge in [0.25, 0.3) is 0 Å². The first-order valence-corrected chi connectivity index (χ1v) is 6.30. The molecule has 1 aliphatic heterocycles. The van der Waals surface area contributed by atoms with Gasteiger partial charge in [0.15, 0.2) is 0 Å². The third-order valence-electron chi connectivity index (χ3n) is 3.28. The van der Waals surface area contributed by atoms with Crippen LogP contribution in [0.2, 0.25) is 0 Å². The molecule has 0 saturated carbocycles. The van der Waals surface area contributed by atoms with Gasteiger partial charge in [0.1, 0.15) is 6.04 Å². The van der Waals surface area contributed by atoms with E-state index in [4.69, 9.17) is 5.11 Å². The van der Waals surface area contributed by atoms with Crippen LogP contribution in [0.4, 0.5) is 0 Å². The molecule has 0 aromatic rings. The number of carbonyl (C=O) groups excluding carboxylic acids is 1. The lowest BCUT2D eigenvalue weighted by atomic mass is 9.96. The largest absolute Gasteiger partial charge is 0.480 e. The Bertz CT molecular complexity index is 281. The minimum absolute atomic E-state index is 0.0582. The molecular weight excluding hydrogens is 220 g/mol. The van der Waals surface area contributed by atoms with E-state index in [1.807, 2.05) is 11.8 Å². The van der Waals surface area contributed by atoms with Crippen LogP contribution in [0.1, 0.15) is 33.1 Å². The zero-order valence-electron chi connectivity index (χ0n) is 10.6. The van der Waals surface area contributed by atoms with Crippen molar-refractivity contribution in [2.24, 2.45) is 5.92 Å². The van der Waals surface area contributed by atoms with Crippen molar-refractivity contribution in [3.8, 4) is 0 Å². The Labute approximate surface area is 102 Å². The van der Waals surface area contributed by atoms with E-state index in [9.17, 15) is 9.59 Å². The monoisotopic (exact) mass is 242 g/mol. The quantitative estimate of drug-likeness (QED) is 0.744. The van der Waals surface area contributed by atoms with Crippen LogP contribution in [0.5, 0.6) is 0 Å². The Morgan fingerprint density at radius 3 is 2.82 bits per heavy atom. The standard InChI is InChI=1S/C12H22N2O3/c1-3-6-13-11(15)10-5-4-7-14(8-10)9(2)12(16)17/h9-10H,3-8H2,1-2H3,(H,13,15)(H,16,17)/t9-,10-/m1/s1. The van der Waals surface area contributed by atoms with Gasteiger partial charge in [-0.05, 0) is 32.7 Å². The van der Waals surface area contributed by atoms with E-state index < -0.39 is 12.0 Å². The highest BCUT2D eigenvalue weighted by molar-refractivity contribution is 5.79. The molecule has 1 fully saturated rings. The molecule has 17 heavy (non-hydrogen) atoms. The molecule has 0 aromatic heterocycles. The number of carboxylic acid groups (broad SMARTS) is 1. The third-order valence-corrected chi connectivity index (χ3v) is 3.28. The van der Waals surface area contributed by atoms with Gasteiger partial charge in [-0.15, -0.1) is 0 Å². The molecule has 0 aliphatic carbocycles. The Balaban J connectivity index is 2.48. The SMILES string of the molecule is CCCNC(=O)[C@@H]1CCCN([C@H](C)C(=O)O)C1. The van der Waals surface area contributed by atoms with E-state index in [0.29, 0.717) is 13.1 Å². The van der Waals surface area contributed by atoms with Gasteiger partial charge < -0.3 is 10.4 Å². The second kappa shape index (κ2) is 6.59. The van der Waals surface area contributed by atoms with Gasteiger partial charge >= 0.3 is 5.97 Å². The number of nitrogens with zero attached hydrogens (tertiary/aromatic N) is 1. The second-order valence-electron chi connectivity index (χ2n) is 4.64. The number of hydrogen-bond acceptors (Lipinski definition) is 3. The van der Waals surface area contributed by atoms with E-state index in [2.05, 4.69) is 5.32 Å². The van der Waals surface area contributed by atoms with Crippen molar-refractivity contribution in [1.29, 1.82) is 0 Å². The van der Waals surface area contributed by atoms with Crippen molar-refractivity contribution in [2.45, 2.75) is 39.2 Å². The fraction of sp³-hybridized carbons (Fsp3) is 0.833. The highest BCUT2D eigenvalue weighted by Crippen LogP contribution is 2.18. The molecule has 5 heteroatoms. The fourth-order valence-corrected chi connectivity index (χ4v) is 2.12. The molecule has 0 bridgehead atoms. The number of carbonyl (C=O) groups is 2. The first-order valence-electron chi connectivity index (χ1n) is 6.30. The van der Waals surface area contributed by atoms with Gasteiger partial charge in [0.2, 0.25) is 5.91 Å². The van der Waals surface area contributed by atoms with Gasteiger partial charge in [0.05, 0.1) is 5.92 Å². The van der Waals surface area contributed by atoms with E-state index in [1.54, 1.807) is 6.92 Å². The molecular formula is C12H22N2O3. The van der Waals surface area contributed by atoms with Crippen LogP contribution >= 0.6 is 0 Å². The molecule has 2 N–H and O–H groups in total. The normalized spacial score (nSPS) is 23.1. The highest BCUT2D eigenvalue weighted by atomic mass is 16.4. The summed E-state index contributed by atoms with van der Waals surface area (Å²) < 4.78 is 0. The predicted octanol–water partition coefficient (Wildman–Crippen LogP) is 0.698. The molecule has 0 aromatic carbocycles. The van der Waals surface area contributed by atoms with E-state index in [-0.39, 0.29) is 11.8 Å². The molecule has 1 amide bonds. The summed E-state index contributed by atoms with van der Waals surface area (Å²) in [6.07, 6.45) is 2.67. The first-order chi connectivity index (χ1) is 8.06. The van der Waals surface area contributed by atoms with Crippen LogP contribution in [0.15, 0.2) is 0 Å². The lowest BCUT2D eigenvalue weighted by Gasteiger charge is -2.34. The molecule has 98 valence electrons. The summed E-state index contributed by atoms with van der Waals surface area (Å²) in [5, 5.41) is 11.8. The minimum Gasteiger partial charge on any atom is -0.480 e. The number of aliphatic carboxylic acids is 1. The number of hydrogen-bond donors (Lipinski definition) is 2.